The molecule has 1 aromatic heterocycles. The number of allylic oxidation sites excluding steroid dienone is 2. The van der Waals surface area contributed by atoms with Crippen LogP contribution in [0, 0.1) is 17.3 Å². The van der Waals surface area contributed by atoms with Crippen LogP contribution in [0.15, 0.2) is 36.4 Å². The maximum Gasteiger partial charge on any atom is 0.303 e. The molecule has 3 aliphatic rings. The van der Waals surface area contributed by atoms with E-state index in [1.165, 1.54) is 14.1 Å². The number of para-hydroxylation sites is 2. The van der Waals surface area contributed by atoms with Gasteiger partial charge >= 0.3 is 10.2 Å². The highest BCUT2D eigenvalue weighted by atomic mass is 32.2. The average Bonchev–Trinajstić information content (AvgIpc) is 3.29. The van der Waals surface area contributed by atoms with Gasteiger partial charge in [-0.25, -0.2) is 4.72 Å². The second-order valence-electron chi connectivity index (χ2n) is 14.2. The standard InChI is InChI=1S/C33H47N5O6S/c1-22-14-10-8-7-9-11-15-23-19-33(23,30(41)35-45(42,43)36(5)6)20-28(39)27-18-24(21-37(27)29(22)40)44-31-34-25-16-12-13-17-26(25)38(31)32(2,3)4/h11-13,15-17,22-24,27H,7-10,14,18-21H2,1-6H3,(H,35,41)/b15-11-/t22-,23+,24+,27-,33+/m0/s1. The van der Waals surface area contributed by atoms with Crippen LogP contribution in [0.2, 0.25) is 0 Å². The van der Waals surface area contributed by atoms with Gasteiger partial charge in [0.15, 0.2) is 5.78 Å². The van der Waals surface area contributed by atoms with E-state index in [1.807, 2.05) is 47.9 Å². The summed E-state index contributed by atoms with van der Waals surface area (Å²) < 4.78 is 36.8. The number of carbonyl (C=O) groups is 3. The number of benzene rings is 1. The number of nitrogens with one attached hydrogen (secondary N) is 1. The number of carbonyl (C=O) groups excluding carboxylic acids is 3. The van der Waals surface area contributed by atoms with Gasteiger partial charge < -0.3 is 9.64 Å². The Hall–Kier alpha value is -3.25. The van der Waals surface area contributed by atoms with Gasteiger partial charge in [-0.1, -0.05) is 44.1 Å². The average molecular weight is 642 g/mol. The molecule has 246 valence electrons. The minimum atomic E-state index is -4.04. The summed E-state index contributed by atoms with van der Waals surface area (Å²) in [5.74, 6) is -1.56. The fourth-order valence-corrected chi connectivity index (χ4v) is 7.36. The molecule has 12 heteroatoms. The molecule has 1 saturated carbocycles. The van der Waals surface area contributed by atoms with Gasteiger partial charge in [0.2, 0.25) is 11.8 Å². The lowest BCUT2D eigenvalue weighted by Gasteiger charge is -2.28. The van der Waals surface area contributed by atoms with Crippen molar-refractivity contribution in [1.82, 2.24) is 23.5 Å². The zero-order chi connectivity index (χ0) is 32.7. The zero-order valence-electron chi connectivity index (χ0n) is 27.3. The van der Waals surface area contributed by atoms with Gasteiger partial charge in [-0.05, 0) is 64.5 Å². The molecule has 0 spiro atoms. The maximum atomic E-state index is 14.2. The molecule has 3 heterocycles. The van der Waals surface area contributed by atoms with E-state index < -0.39 is 33.7 Å². The summed E-state index contributed by atoms with van der Waals surface area (Å²) in [5, 5.41) is 0. The molecule has 0 radical (unpaired) electrons. The summed E-state index contributed by atoms with van der Waals surface area (Å²) in [6.45, 7) is 8.35. The Kier molecular flexibility index (Phi) is 9.21. The molecule has 2 amide bonds. The number of imidazole rings is 1. The van der Waals surface area contributed by atoms with Crippen LogP contribution in [0.25, 0.3) is 11.0 Å². The van der Waals surface area contributed by atoms with Crippen molar-refractivity contribution >= 4 is 38.8 Å². The molecule has 0 unspecified atom stereocenters. The van der Waals surface area contributed by atoms with Crippen molar-refractivity contribution in [2.24, 2.45) is 17.3 Å². The summed E-state index contributed by atoms with van der Waals surface area (Å²) in [6, 6.07) is 7.45. The molecule has 5 atom stereocenters. The zero-order valence-corrected chi connectivity index (χ0v) is 28.1. The Morgan fingerprint density at radius 1 is 1.13 bits per heavy atom. The molecule has 0 bridgehead atoms. The fourth-order valence-electron chi connectivity index (χ4n) is 6.74. The molecule has 1 N–H and O–H groups in total. The summed E-state index contributed by atoms with van der Waals surface area (Å²) in [6.07, 6.45) is 8.36. The number of nitrogens with zero attached hydrogens (tertiary/aromatic N) is 4. The van der Waals surface area contributed by atoms with Crippen LogP contribution in [-0.4, -0.2) is 77.6 Å². The molecule has 5 rings (SSSR count). The van der Waals surface area contributed by atoms with Gasteiger partial charge in [-0.3, -0.25) is 19.0 Å². The van der Waals surface area contributed by atoms with E-state index in [1.54, 1.807) is 4.90 Å². The van der Waals surface area contributed by atoms with Gasteiger partial charge in [0.05, 0.1) is 29.0 Å². The number of hydrogen-bond acceptors (Lipinski definition) is 7. The van der Waals surface area contributed by atoms with Crippen molar-refractivity contribution in [3.63, 3.8) is 0 Å². The van der Waals surface area contributed by atoms with Crippen LogP contribution in [0.4, 0.5) is 0 Å². The SMILES string of the molecule is C[C@H]1CCCCC/C=C\[C@@H]2C[C@@]2(C(=O)NS(=O)(=O)N(C)C)CC(=O)[C@@H]2C[C@@H](Oc3nc4ccccc4n3C(C)(C)C)CN2C1=O. The first kappa shape index (κ1) is 33.1. The highest BCUT2D eigenvalue weighted by Gasteiger charge is 2.61. The van der Waals surface area contributed by atoms with E-state index in [4.69, 9.17) is 9.72 Å². The van der Waals surface area contributed by atoms with Gasteiger partial charge in [0, 0.05) is 38.4 Å². The number of amides is 2. The molecule has 1 aliphatic carbocycles. The highest BCUT2D eigenvalue weighted by Crippen LogP contribution is 2.57. The van der Waals surface area contributed by atoms with E-state index in [9.17, 15) is 22.8 Å². The van der Waals surface area contributed by atoms with Crippen molar-refractivity contribution in [2.75, 3.05) is 20.6 Å². The highest BCUT2D eigenvalue weighted by molar-refractivity contribution is 7.87. The van der Waals surface area contributed by atoms with Gasteiger partial charge in [0.1, 0.15) is 6.10 Å². The van der Waals surface area contributed by atoms with Crippen LogP contribution in [0.3, 0.4) is 0 Å². The van der Waals surface area contributed by atoms with Crippen LogP contribution < -0.4 is 9.46 Å². The third-order valence-electron chi connectivity index (χ3n) is 9.47. The number of rotatable bonds is 5. The van der Waals surface area contributed by atoms with Crippen LogP contribution in [-0.2, 0) is 30.1 Å². The van der Waals surface area contributed by atoms with Gasteiger partial charge in [0.25, 0.3) is 6.01 Å². The van der Waals surface area contributed by atoms with Crippen molar-refractivity contribution in [2.45, 2.75) is 96.7 Å². The minimum absolute atomic E-state index is 0.0993. The Morgan fingerprint density at radius 3 is 2.58 bits per heavy atom. The minimum Gasteiger partial charge on any atom is -0.459 e. The van der Waals surface area contributed by atoms with E-state index >= 15 is 0 Å². The van der Waals surface area contributed by atoms with Crippen molar-refractivity contribution in [3.05, 3.63) is 36.4 Å². The number of ketones is 1. The molecule has 2 aromatic rings. The number of aromatic nitrogens is 2. The first-order chi connectivity index (χ1) is 21.1. The third-order valence-corrected chi connectivity index (χ3v) is 10.9. The van der Waals surface area contributed by atoms with E-state index in [2.05, 4.69) is 25.5 Å². The van der Waals surface area contributed by atoms with Crippen molar-refractivity contribution in [3.8, 4) is 6.01 Å². The number of fused-ring (bicyclic) bond motifs is 3. The smallest absolute Gasteiger partial charge is 0.303 e. The Morgan fingerprint density at radius 2 is 1.87 bits per heavy atom. The lowest BCUT2D eigenvalue weighted by Crippen LogP contribution is -2.47. The summed E-state index contributed by atoms with van der Waals surface area (Å²) in [5.41, 5.74) is 0.206. The molecule has 2 fully saturated rings. The molecule has 45 heavy (non-hydrogen) atoms. The molecular formula is C33H47N5O6S. The van der Waals surface area contributed by atoms with Gasteiger partial charge in [-0.15, -0.1) is 0 Å². The lowest BCUT2D eigenvalue weighted by atomic mass is 9.91. The summed E-state index contributed by atoms with van der Waals surface area (Å²) in [4.78, 5) is 48.0. The summed E-state index contributed by atoms with van der Waals surface area (Å²) >= 11 is 0. The maximum absolute atomic E-state index is 14.2. The van der Waals surface area contributed by atoms with Crippen molar-refractivity contribution in [1.29, 1.82) is 0 Å². The molecule has 2 aliphatic heterocycles. The Balaban J connectivity index is 1.45. The number of hydrogen-bond donors (Lipinski definition) is 1. The van der Waals surface area contributed by atoms with Crippen molar-refractivity contribution < 1.29 is 27.5 Å². The monoisotopic (exact) mass is 641 g/mol. The lowest BCUT2D eigenvalue weighted by molar-refractivity contribution is -0.141. The van der Waals surface area contributed by atoms with Crippen LogP contribution in [0.5, 0.6) is 6.01 Å². The predicted molar refractivity (Wildman–Crippen MR) is 172 cm³/mol. The second kappa shape index (κ2) is 12.5. The topological polar surface area (TPSA) is 131 Å². The largest absolute Gasteiger partial charge is 0.459 e. The summed E-state index contributed by atoms with van der Waals surface area (Å²) in [7, 11) is -1.35. The predicted octanol–water partition coefficient (Wildman–Crippen LogP) is 4.18. The normalized spacial score (nSPS) is 29.1. The molecule has 1 aromatic carbocycles. The van der Waals surface area contributed by atoms with Crippen LogP contribution >= 0.6 is 0 Å². The van der Waals surface area contributed by atoms with E-state index in [0.29, 0.717) is 12.4 Å². The van der Waals surface area contributed by atoms with E-state index in [0.717, 1.165) is 47.4 Å². The molecule has 1 saturated heterocycles. The first-order valence-corrected chi connectivity index (χ1v) is 17.5. The van der Waals surface area contributed by atoms with Gasteiger partial charge in [-0.2, -0.15) is 17.7 Å². The number of Topliss-reactive ketones (excluding diaryl/α,β-unsaturated/α-hetero) is 1. The van der Waals surface area contributed by atoms with E-state index in [-0.39, 0.29) is 48.5 Å². The number of ether oxygens (including phenoxy) is 1. The van der Waals surface area contributed by atoms with Crippen LogP contribution in [0.1, 0.15) is 79.1 Å². The first-order valence-electron chi connectivity index (χ1n) is 16.0. The second-order valence-corrected chi connectivity index (χ2v) is 16.1. The third kappa shape index (κ3) is 6.82. The Bertz CT molecular complexity index is 1590. The molecule has 11 nitrogen and oxygen atoms in total. The molecular weight excluding hydrogens is 594 g/mol. The fraction of sp³-hybridized carbons (Fsp3) is 0.636. The quantitative estimate of drug-likeness (QED) is 0.485. The Labute approximate surface area is 266 Å².